The van der Waals surface area contributed by atoms with Crippen molar-refractivity contribution in [1.82, 2.24) is 9.55 Å². The van der Waals surface area contributed by atoms with Crippen molar-refractivity contribution in [3.05, 3.63) is 22.4 Å². The van der Waals surface area contributed by atoms with Crippen LogP contribution in [0, 0.1) is 5.82 Å². The Labute approximate surface area is 138 Å². The van der Waals surface area contributed by atoms with Gasteiger partial charge in [-0.05, 0) is 35.2 Å². The Kier molecular flexibility index (Phi) is 5.56. The Bertz CT molecular complexity index is 678. The highest BCUT2D eigenvalue weighted by Gasteiger charge is 2.18. The van der Waals surface area contributed by atoms with E-state index in [0.29, 0.717) is 20.7 Å². The summed E-state index contributed by atoms with van der Waals surface area (Å²) in [4.78, 5) is 15.2. The zero-order chi connectivity index (χ0) is 15.6. The summed E-state index contributed by atoms with van der Waals surface area (Å²) in [6.07, 6.45) is 2.00. The van der Waals surface area contributed by atoms with Crippen molar-refractivity contribution >= 4 is 56.5 Å². The smallest absolute Gasteiger partial charge is 0.313 e. The maximum absolute atomic E-state index is 13.8. The lowest BCUT2D eigenvalue weighted by atomic mass is 10.3. The van der Waals surface area contributed by atoms with E-state index in [2.05, 4.69) is 20.9 Å². The standard InChI is InChI=1S/C13H14BrFN2O2S2/c1-7(5-20-2)17-11-4-9(15)8(14)3-10(11)16-13(17)21-6-12(18)19/h3-4,7H,5-6H2,1-2H3,(H,18,19). The van der Waals surface area contributed by atoms with Crippen molar-refractivity contribution in [3.8, 4) is 0 Å². The van der Waals surface area contributed by atoms with Crippen LogP contribution in [0.2, 0.25) is 0 Å². The molecule has 1 aromatic carbocycles. The average molecular weight is 393 g/mol. The summed E-state index contributed by atoms with van der Waals surface area (Å²) in [5.74, 6) is -0.485. The molecule has 1 unspecified atom stereocenters. The van der Waals surface area contributed by atoms with E-state index in [0.717, 1.165) is 17.5 Å². The molecule has 1 heterocycles. The van der Waals surface area contributed by atoms with E-state index in [-0.39, 0.29) is 17.6 Å². The lowest BCUT2D eigenvalue weighted by molar-refractivity contribution is -0.133. The van der Waals surface area contributed by atoms with E-state index in [1.165, 1.54) is 6.07 Å². The first-order chi connectivity index (χ1) is 9.93. The summed E-state index contributed by atoms with van der Waals surface area (Å²) < 4.78 is 16.1. The number of thioether (sulfide) groups is 2. The van der Waals surface area contributed by atoms with Crippen molar-refractivity contribution in [2.45, 2.75) is 18.1 Å². The molecule has 1 atom stereocenters. The number of aliphatic carboxylic acids is 1. The molecule has 0 aliphatic carbocycles. The van der Waals surface area contributed by atoms with E-state index in [4.69, 9.17) is 5.11 Å². The fraction of sp³-hybridized carbons (Fsp3) is 0.385. The second kappa shape index (κ2) is 7.02. The lowest BCUT2D eigenvalue weighted by Crippen LogP contribution is -2.10. The third kappa shape index (κ3) is 3.73. The number of aromatic nitrogens is 2. The third-order valence-corrected chi connectivity index (χ3v) is 5.23. The molecule has 8 heteroatoms. The van der Waals surface area contributed by atoms with Gasteiger partial charge in [-0.15, -0.1) is 0 Å². The van der Waals surface area contributed by atoms with Gasteiger partial charge < -0.3 is 9.67 Å². The molecule has 0 amide bonds. The summed E-state index contributed by atoms with van der Waals surface area (Å²) in [7, 11) is 0. The Morgan fingerprint density at radius 1 is 1.57 bits per heavy atom. The molecule has 1 aromatic heterocycles. The van der Waals surface area contributed by atoms with Crippen LogP contribution in [0.5, 0.6) is 0 Å². The number of rotatable bonds is 6. The van der Waals surface area contributed by atoms with Gasteiger partial charge in [0.1, 0.15) is 5.82 Å². The highest BCUT2D eigenvalue weighted by atomic mass is 79.9. The fourth-order valence-electron chi connectivity index (χ4n) is 2.04. The topological polar surface area (TPSA) is 55.1 Å². The predicted molar refractivity (Wildman–Crippen MR) is 88.8 cm³/mol. The van der Waals surface area contributed by atoms with E-state index in [1.54, 1.807) is 17.8 Å². The number of carboxylic acid groups (broad SMARTS) is 1. The van der Waals surface area contributed by atoms with Crippen molar-refractivity contribution in [3.63, 3.8) is 0 Å². The summed E-state index contributed by atoms with van der Waals surface area (Å²) in [5.41, 5.74) is 1.34. The minimum Gasteiger partial charge on any atom is -0.481 e. The van der Waals surface area contributed by atoms with Gasteiger partial charge in [-0.25, -0.2) is 9.37 Å². The van der Waals surface area contributed by atoms with Crippen LogP contribution < -0.4 is 0 Å². The van der Waals surface area contributed by atoms with Crippen LogP contribution in [-0.2, 0) is 4.79 Å². The number of fused-ring (bicyclic) bond motifs is 1. The van der Waals surface area contributed by atoms with Gasteiger partial charge in [0, 0.05) is 17.9 Å². The zero-order valence-corrected chi connectivity index (χ0v) is 14.7. The number of carboxylic acids is 1. The highest BCUT2D eigenvalue weighted by molar-refractivity contribution is 9.10. The number of benzene rings is 1. The second-order valence-electron chi connectivity index (χ2n) is 4.51. The van der Waals surface area contributed by atoms with Crippen LogP contribution in [0.25, 0.3) is 11.0 Å². The van der Waals surface area contributed by atoms with Gasteiger partial charge >= 0.3 is 5.97 Å². The molecule has 0 saturated heterocycles. The Morgan fingerprint density at radius 3 is 2.90 bits per heavy atom. The first kappa shape index (κ1) is 16.6. The number of imidazole rings is 1. The molecule has 0 aliphatic heterocycles. The van der Waals surface area contributed by atoms with Gasteiger partial charge in [0.25, 0.3) is 0 Å². The normalized spacial score (nSPS) is 12.8. The van der Waals surface area contributed by atoms with Gasteiger partial charge in [-0.2, -0.15) is 11.8 Å². The summed E-state index contributed by atoms with van der Waals surface area (Å²) in [6, 6.07) is 3.16. The average Bonchev–Trinajstić information content (AvgIpc) is 2.75. The molecular weight excluding hydrogens is 379 g/mol. The molecule has 114 valence electrons. The van der Waals surface area contributed by atoms with E-state index in [9.17, 15) is 9.18 Å². The van der Waals surface area contributed by atoms with Crippen LogP contribution in [0.3, 0.4) is 0 Å². The Morgan fingerprint density at radius 2 is 2.29 bits per heavy atom. The summed E-state index contributed by atoms with van der Waals surface area (Å²) in [5, 5.41) is 9.44. The van der Waals surface area contributed by atoms with Gasteiger partial charge in [0.2, 0.25) is 0 Å². The molecular formula is C13H14BrFN2O2S2. The first-order valence-corrected chi connectivity index (χ1v) is 9.31. The minimum absolute atomic E-state index is 0.0705. The molecule has 0 radical (unpaired) electrons. The number of nitrogens with zero attached hydrogens (tertiary/aromatic N) is 2. The highest BCUT2D eigenvalue weighted by Crippen LogP contribution is 2.31. The molecule has 21 heavy (non-hydrogen) atoms. The summed E-state index contributed by atoms with van der Waals surface area (Å²) >= 11 is 5.98. The van der Waals surface area contributed by atoms with E-state index >= 15 is 0 Å². The van der Waals surface area contributed by atoms with Crippen molar-refractivity contribution in [1.29, 1.82) is 0 Å². The minimum atomic E-state index is -0.900. The second-order valence-corrected chi connectivity index (χ2v) is 7.21. The fourth-order valence-corrected chi connectivity index (χ4v) is 3.83. The van der Waals surface area contributed by atoms with E-state index < -0.39 is 5.97 Å². The quantitative estimate of drug-likeness (QED) is 0.751. The molecule has 0 fully saturated rings. The molecule has 2 aromatic rings. The third-order valence-electron chi connectivity index (χ3n) is 2.87. The number of hydrogen-bond donors (Lipinski definition) is 1. The number of hydrogen-bond acceptors (Lipinski definition) is 4. The van der Waals surface area contributed by atoms with Gasteiger partial charge in [-0.3, -0.25) is 4.79 Å². The molecule has 0 aliphatic rings. The van der Waals surface area contributed by atoms with Crippen molar-refractivity contribution in [2.75, 3.05) is 17.8 Å². The lowest BCUT2D eigenvalue weighted by Gasteiger charge is -2.16. The first-order valence-electron chi connectivity index (χ1n) is 6.14. The van der Waals surface area contributed by atoms with Gasteiger partial charge in [0.05, 0.1) is 21.3 Å². The van der Waals surface area contributed by atoms with Crippen LogP contribution in [0.4, 0.5) is 4.39 Å². The Hall–Kier alpha value is -0.730. The van der Waals surface area contributed by atoms with Gasteiger partial charge in [-0.1, -0.05) is 11.8 Å². The van der Waals surface area contributed by atoms with Gasteiger partial charge in [0.15, 0.2) is 5.16 Å². The van der Waals surface area contributed by atoms with Crippen LogP contribution in [0.1, 0.15) is 13.0 Å². The summed E-state index contributed by atoms with van der Waals surface area (Å²) in [6.45, 7) is 2.02. The molecule has 0 bridgehead atoms. The van der Waals surface area contributed by atoms with Crippen molar-refractivity contribution in [2.24, 2.45) is 0 Å². The molecule has 1 N–H and O–H groups in total. The van der Waals surface area contributed by atoms with Crippen LogP contribution in [-0.4, -0.2) is 38.4 Å². The van der Waals surface area contributed by atoms with Crippen LogP contribution in [0.15, 0.2) is 21.8 Å². The maximum atomic E-state index is 13.8. The number of carbonyl (C=O) groups is 1. The van der Waals surface area contributed by atoms with E-state index in [1.807, 2.05) is 17.7 Å². The SMILES string of the molecule is CSCC(C)n1c(SCC(=O)O)nc2cc(Br)c(F)cc21. The predicted octanol–water partition coefficient (Wildman–Crippen LogP) is 4.04. The monoisotopic (exact) mass is 392 g/mol. The largest absolute Gasteiger partial charge is 0.481 e. The molecule has 4 nitrogen and oxygen atoms in total. The number of halogens is 2. The molecule has 0 saturated carbocycles. The molecule has 2 rings (SSSR count). The molecule has 0 spiro atoms. The zero-order valence-electron chi connectivity index (χ0n) is 11.5. The van der Waals surface area contributed by atoms with Crippen LogP contribution >= 0.6 is 39.5 Å². The van der Waals surface area contributed by atoms with Crippen molar-refractivity contribution < 1.29 is 14.3 Å². The Balaban J connectivity index is 2.54. The maximum Gasteiger partial charge on any atom is 0.313 e.